The van der Waals surface area contributed by atoms with Crippen molar-refractivity contribution in [3.05, 3.63) is 64.5 Å². The molecule has 0 N–H and O–H groups in total. The zero-order valence-electron chi connectivity index (χ0n) is 23.6. The van der Waals surface area contributed by atoms with Crippen LogP contribution < -0.4 is 4.74 Å². The molecule has 2 fully saturated rings. The number of rotatable bonds is 12. The molecule has 0 amide bonds. The van der Waals surface area contributed by atoms with E-state index < -0.39 is 11.6 Å². The van der Waals surface area contributed by atoms with Crippen molar-refractivity contribution in [1.29, 1.82) is 0 Å². The second-order valence-electron chi connectivity index (χ2n) is 12.1. The SMILES string of the molecule is CCCCCCCOc1ccc(C2CCC(CCc3ccc(C4CCC(C)CC4)c(F)c3F)CC2)cc1F. The Bertz CT molecular complexity index is 1000. The van der Waals surface area contributed by atoms with Gasteiger partial charge >= 0.3 is 0 Å². The predicted molar refractivity (Wildman–Crippen MR) is 150 cm³/mol. The molecule has 2 aliphatic carbocycles. The molecule has 4 heteroatoms. The average molecular weight is 529 g/mol. The third kappa shape index (κ3) is 7.79. The summed E-state index contributed by atoms with van der Waals surface area (Å²) in [6.07, 6.45) is 15.4. The number of halogens is 3. The van der Waals surface area contributed by atoms with Gasteiger partial charge in [-0.25, -0.2) is 13.2 Å². The molecule has 38 heavy (non-hydrogen) atoms. The maximum absolute atomic E-state index is 14.9. The zero-order chi connectivity index (χ0) is 26.9. The molecule has 2 aliphatic rings. The standard InChI is InChI=1S/C34H47F3O/c1-3-4-5-6-7-22-38-32-21-19-29(23-31(32)35)26-15-10-25(11-16-26)12-17-28-18-20-30(34(37)33(28)36)27-13-8-24(2)9-14-27/h18-21,23-27H,3-17,22H2,1-2H3. The molecular formula is C34H47F3O. The summed E-state index contributed by atoms with van der Waals surface area (Å²) >= 11 is 0. The molecule has 0 saturated heterocycles. The summed E-state index contributed by atoms with van der Waals surface area (Å²) in [5.41, 5.74) is 2.15. The lowest BCUT2D eigenvalue weighted by Gasteiger charge is -2.29. The Morgan fingerprint density at radius 1 is 0.763 bits per heavy atom. The fourth-order valence-electron chi connectivity index (χ4n) is 6.60. The van der Waals surface area contributed by atoms with Crippen molar-refractivity contribution in [1.82, 2.24) is 0 Å². The Kier molecular flexibility index (Phi) is 11.0. The van der Waals surface area contributed by atoms with E-state index in [9.17, 15) is 13.2 Å². The van der Waals surface area contributed by atoms with Crippen molar-refractivity contribution < 1.29 is 17.9 Å². The van der Waals surface area contributed by atoms with Crippen LogP contribution in [0, 0.1) is 29.3 Å². The van der Waals surface area contributed by atoms with Crippen molar-refractivity contribution >= 4 is 0 Å². The largest absolute Gasteiger partial charge is 0.491 e. The Hall–Kier alpha value is -1.97. The van der Waals surface area contributed by atoms with Crippen LogP contribution in [0.5, 0.6) is 5.75 Å². The third-order valence-corrected chi connectivity index (χ3v) is 9.25. The minimum atomic E-state index is -0.631. The molecule has 0 aliphatic heterocycles. The average Bonchev–Trinajstić information content (AvgIpc) is 2.93. The molecule has 0 radical (unpaired) electrons. The molecule has 0 aromatic heterocycles. The lowest BCUT2D eigenvalue weighted by atomic mass is 9.76. The summed E-state index contributed by atoms with van der Waals surface area (Å²) in [5.74, 6) is 0.564. The van der Waals surface area contributed by atoms with Crippen LogP contribution >= 0.6 is 0 Å². The third-order valence-electron chi connectivity index (χ3n) is 9.25. The number of hydrogen-bond donors (Lipinski definition) is 0. The maximum Gasteiger partial charge on any atom is 0.165 e. The Balaban J connectivity index is 1.22. The summed E-state index contributed by atoms with van der Waals surface area (Å²) in [6, 6.07) is 9.14. The molecule has 2 saturated carbocycles. The molecule has 2 aromatic carbocycles. The normalized spacial score (nSPS) is 23.9. The number of benzene rings is 2. The van der Waals surface area contributed by atoms with Crippen LogP contribution in [-0.4, -0.2) is 6.61 Å². The highest BCUT2D eigenvalue weighted by Gasteiger charge is 2.26. The highest BCUT2D eigenvalue weighted by Crippen LogP contribution is 2.40. The van der Waals surface area contributed by atoms with Crippen LogP contribution in [0.25, 0.3) is 0 Å². The minimum absolute atomic E-state index is 0.158. The van der Waals surface area contributed by atoms with Gasteiger partial charge in [-0.05, 0) is 110 Å². The van der Waals surface area contributed by atoms with Crippen molar-refractivity contribution in [2.45, 2.75) is 122 Å². The van der Waals surface area contributed by atoms with E-state index in [1.165, 1.54) is 19.3 Å². The van der Waals surface area contributed by atoms with Gasteiger partial charge < -0.3 is 4.74 Å². The van der Waals surface area contributed by atoms with E-state index >= 15 is 0 Å². The first-order valence-corrected chi connectivity index (χ1v) is 15.3. The van der Waals surface area contributed by atoms with Crippen molar-refractivity contribution in [3.8, 4) is 5.75 Å². The molecule has 0 bridgehead atoms. The fraction of sp³-hybridized carbons (Fsp3) is 0.647. The molecule has 0 spiro atoms. The zero-order valence-corrected chi connectivity index (χ0v) is 23.6. The predicted octanol–water partition coefficient (Wildman–Crippen LogP) is 10.7. The first kappa shape index (κ1) is 29.0. The van der Waals surface area contributed by atoms with Crippen molar-refractivity contribution in [2.75, 3.05) is 6.61 Å². The highest BCUT2D eigenvalue weighted by molar-refractivity contribution is 5.32. The van der Waals surface area contributed by atoms with Gasteiger partial charge in [0.25, 0.3) is 0 Å². The van der Waals surface area contributed by atoms with Gasteiger partial charge in [-0.2, -0.15) is 0 Å². The van der Waals surface area contributed by atoms with Gasteiger partial charge in [0.1, 0.15) is 0 Å². The minimum Gasteiger partial charge on any atom is -0.491 e. The number of aryl methyl sites for hydroxylation is 1. The van der Waals surface area contributed by atoms with Crippen LogP contribution in [0.3, 0.4) is 0 Å². The fourth-order valence-corrected chi connectivity index (χ4v) is 6.60. The van der Waals surface area contributed by atoms with Crippen molar-refractivity contribution in [2.24, 2.45) is 11.8 Å². The van der Waals surface area contributed by atoms with Gasteiger partial charge in [0.05, 0.1) is 6.61 Å². The monoisotopic (exact) mass is 528 g/mol. The van der Waals surface area contributed by atoms with Crippen LogP contribution in [0.15, 0.2) is 30.3 Å². The summed E-state index contributed by atoms with van der Waals surface area (Å²) in [5, 5.41) is 0. The highest BCUT2D eigenvalue weighted by atomic mass is 19.2. The quantitative estimate of drug-likeness (QED) is 0.249. The van der Waals surface area contributed by atoms with Crippen LogP contribution in [-0.2, 0) is 6.42 Å². The first-order valence-electron chi connectivity index (χ1n) is 15.3. The molecule has 2 aromatic rings. The molecule has 210 valence electrons. The molecule has 4 rings (SSSR count). The first-order chi connectivity index (χ1) is 18.5. The summed E-state index contributed by atoms with van der Waals surface area (Å²) in [6.45, 7) is 5.00. The topological polar surface area (TPSA) is 9.23 Å². The second-order valence-corrected chi connectivity index (χ2v) is 12.1. The van der Waals surface area contributed by atoms with E-state index in [2.05, 4.69) is 13.8 Å². The summed E-state index contributed by atoms with van der Waals surface area (Å²) in [4.78, 5) is 0. The summed E-state index contributed by atoms with van der Waals surface area (Å²) in [7, 11) is 0. The van der Waals surface area contributed by atoms with Gasteiger partial charge in [-0.3, -0.25) is 0 Å². The molecular weight excluding hydrogens is 481 g/mol. The molecule has 0 heterocycles. The summed E-state index contributed by atoms with van der Waals surface area (Å²) < 4.78 is 50.2. The van der Waals surface area contributed by atoms with Crippen LogP contribution in [0.4, 0.5) is 13.2 Å². The lowest BCUT2D eigenvalue weighted by molar-refractivity contribution is 0.288. The Labute approximate surface area is 228 Å². The van der Waals surface area contributed by atoms with E-state index in [0.29, 0.717) is 47.7 Å². The van der Waals surface area contributed by atoms with E-state index in [0.717, 1.165) is 76.2 Å². The van der Waals surface area contributed by atoms with Gasteiger partial charge in [0.15, 0.2) is 23.2 Å². The van der Waals surface area contributed by atoms with E-state index in [1.807, 2.05) is 18.2 Å². The van der Waals surface area contributed by atoms with Crippen molar-refractivity contribution in [3.63, 3.8) is 0 Å². The van der Waals surface area contributed by atoms with Gasteiger partial charge in [-0.15, -0.1) is 0 Å². The molecule has 0 unspecified atom stereocenters. The molecule has 1 nitrogen and oxygen atoms in total. The van der Waals surface area contributed by atoms with Gasteiger partial charge in [0, 0.05) is 0 Å². The number of hydrogen-bond acceptors (Lipinski definition) is 1. The lowest BCUT2D eigenvalue weighted by Crippen LogP contribution is -2.15. The number of unbranched alkanes of at least 4 members (excludes halogenated alkanes) is 4. The van der Waals surface area contributed by atoms with Gasteiger partial charge in [0.2, 0.25) is 0 Å². The Morgan fingerprint density at radius 2 is 1.47 bits per heavy atom. The maximum atomic E-state index is 14.9. The van der Waals surface area contributed by atoms with E-state index in [-0.39, 0.29) is 11.7 Å². The van der Waals surface area contributed by atoms with Crippen LogP contribution in [0.1, 0.15) is 132 Å². The molecule has 0 atom stereocenters. The smallest absolute Gasteiger partial charge is 0.165 e. The second kappa shape index (κ2) is 14.4. The van der Waals surface area contributed by atoms with E-state index in [1.54, 1.807) is 12.1 Å². The van der Waals surface area contributed by atoms with Gasteiger partial charge in [-0.1, -0.05) is 70.6 Å². The Morgan fingerprint density at radius 3 is 2.18 bits per heavy atom. The van der Waals surface area contributed by atoms with E-state index in [4.69, 9.17) is 4.74 Å². The van der Waals surface area contributed by atoms with Crippen LogP contribution in [0.2, 0.25) is 0 Å². The number of ether oxygens (including phenoxy) is 1.